The number of nitrogens with one attached hydrogen (secondary N) is 1. The number of hydrogen-bond donors (Lipinski definition) is 1. The maximum absolute atomic E-state index is 12.6. The van der Waals surface area contributed by atoms with Crippen LogP contribution in [0.3, 0.4) is 0 Å². The summed E-state index contributed by atoms with van der Waals surface area (Å²) in [4.78, 5) is 38.1. The van der Waals surface area contributed by atoms with Crippen LogP contribution in [0, 0.1) is 12.3 Å². The van der Waals surface area contributed by atoms with Crippen molar-refractivity contribution in [3.63, 3.8) is 0 Å². The second-order valence-electron chi connectivity index (χ2n) is 7.23. The molecule has 1 atom stereocenters. The summed E-state index contributed by atoms with van der Waals surface area (Å²) in [5.41, 5.74) is 1.77. The van der Waals surface area contributed by atoms with E-state index in [-0.39, 0.29) is 29.3 Å². The third-order valence-corrected chi connectivity index (χ3v) is 5.53. The summed E-state index contributed by atoms with van der Waals surface area (Å²) >= 11 is 0. The van der Waals surface area contributed by atoms with E-state index in [4.69, 9.17) is 0 Å². The molecule has 6 heteroatoms. The van der Waals surface area contributed by atoms with E-state index in [0.717, 1.165) is 18.4 Å². The fourth-order valence-electron chi connectivity index (χ4n) is 3.04. The molecule has 1 fully saturated rings. The largest absolute Gasteiger partial charge is 0.342 e. The predicted octanol–water partition coefficient (Wildman–Crippen LogP) is 2.33. The Bertz CT molecular complexity index is 840. The first-order valence-corrected chi connectivity index (χ1v) is 8.58. The normalized spacial score (nSPS) is 16.3. The number of carbonyl (C=O) groups is 1. The lowest BCUT2D eigenvalue weighted by Crippen LogP contribution is -2.41. The number of amides is 1. The van der Waals surface area contributed by atoms with Gasteiger partial charge in [-0.05, 0) is 44.2 Å². The minimum Gasteiger partial charge on any atom is -0.342 e. The van der Waals surface area contributed by atoms with E-state index in [1.807, 2.05) is 7.05 Å². The minimum absolute atomic E-state index is 0.0484. The van der Waals surface area contributed by atoms with Crippen molar-refractivity contribution in [1.82, 2.24) is 19.9 Å². The van der Waals surface area contributed by atoms with Gasteiger partial charge in [-0.1, -0.05) is 6.92 Å². The Kier molecular flexibility index (Phi) is 4.45. The summed E-state index contributed by atoms with van der Waals surface area (Å²) in [5.74, 6) is 0.445. The van der Waals surface area contributed by atoms with Gasteiger partial charge < -0.3 is 9.88 Å². The number of pyridine rings is 1. The molecule has 0 saturated heterocycles. The topological polar surface area (TPSA) is 79.0 Å². The summed E-state index contributed by atoms with van der Waals surface area (Å²) < 4.78 is 0. The van der Waals surface area contributed by atoms with Crippen molar-refractivity contribution in [1.29, 1.82) is 0 Å². The molecule has 132 valence electrons. The van der Waals surface area contributed by atoms with Crippen LogP contribution in [0.15, 0.2) is 29.3 Å². The van der Waals surface area contributed by atoms with E-state index >= 15 is 0 Å². The Morgan fingerprint density at radius 1 is 1.36 bits per heavy atom. The number of likely N-dealkylation sites (N-methyl/N-ethyl adjacent to an activating group) is 1. The first kappa shape index (κ1) is 17.3. The maximum atomic E-state index is 12.6. The van der Waals surface area contributed by atoms with Crippen LogP contribution in [-0.4, -0.2) is 38.8 Å². The molecule has 0 bridgehead atoms. The molecule has 1 amide bonds. The summed E-state index contributed by atoms with van der Waals surface area (Å²) in [5, 5.41) is 0. The van der Waals surface area contributed by atoms with E-state index in [0.29, 0.717) is 17.1 Å². The molecule has 6 nitrogen and oxygen atoms in total. The number of H-pyrrole nitrogens is 1. The number of hydrogen-bond acceptors (Lipinski definition) is 4. The van der Waals surface area contributed by atoms with Crippen LogP contribution < -0.4 is 5.56 Å². The molecule has 1 aliphatic rings. The molecule has 1 saturated carbocycles. The Labute approximate surface area is 147 Å². The standard InChI is InChI=1S/C19H24N4O2/c1-12-15(11-16(24)23(4)13(2)19(3)7-8-19)18(25)22-17(21-12)14-5-9-20-10-6-14/h5-6,9-10,13H,7-8,11H2,1-4H3,(H,21,22,25). The third kappa shape index (κ3) is 3.48. The molecular weight excluding hydrogens is 316 g/mol. The zero-order chi connectivity index (χ0) is 18.2. The number of rotatable bonds is 5. The van der Waals surface area contributed by atoms with Crippen LogP contribution >= 0.6 is 0 Å². The molecular formula is C19H24N4O2. The molecule has 2 aromatic heterocycles. The highest BCUT2D eigenvalue weighted by Gasteiger charge is 2.45. The van der Waals surface area contributed by atoms with E-state index in [1.165, 1.54) is 0 Å². The highest BCUT2D eigenvalue weighted by Crippen LogP contribution is 2.49. The highest BCUT2D eigenvalue weighted by molar-refractivity contribution is 5.79. The zero-order valence-electron chi connectivity index (χ0n) is 15.2. The van der Waals surface area contributed by atoms with Gasteiger partial charge in [-0.3, -0.25) is 14.6 Å². The van der Waals surface area contributed by atoms with Gasteiger partial charge in [0.25, 0.3) is 5.56 Å². The van der Waals surface area contributed by atoms with Crippen molar-refractivity contribution in [2.24, 2.45) is 5.41 Å². The van der Waals surface area contributed by atoms with Crippen molar-refractivity contribution >= 4 is 5.91 Å². The third-order valence-electron chi connectivity index (χ3n) is 5.53. The van der Waals surface area contributed by atoms with Gasteiger partial charge in [0.2, 0.25) is 5.91 Å². The molecule has 1 aliphatic carbocycles. The van der Waals surface area contributed by atoms with E-state index in [1.54, 1.807) is 36.4 Å². The molecule has 2 heterocycles. The summed E-state index contributed by atoms with van der Waals surface area (Å²) in [7, 11) is 1.82. The fourth-order valence-corrected chi connectivity index (χ4v) is 3.04. The van der Waals surface area contributed by atoms with Gasteiger partial charge in [0.1, 0.15) is 5.82 Å². The quantitative estimate of drug-likeness (QED) is 0.906. The van der Waals surface area contributed by atoms with Crippen molar-refractivity contribution in [2.45, 2.75) is 46.1 Å². The SMILES string of the molecule is Cc1nc(-c2ccncc2)[nH]c(=O)c1CC(=O)N(C)C(C)C1(C)CC1. The van der Waals surface area contributed by atoms with Crippen LogP contribution in [0.4, 0.5) is 0 Å². The molecule has 2 aromatic rings. The van der Waals surface area contributed by atoms with E-state index in [9.17, 15) is 9.59 Å². The zero-order valence-corrected chi connectivity index (χ0v) is 15.2. The Morgan fingerprint density at radius 3 is 2.56 bits per heavy atom. The van der Waals surface area contributed by atoms with Crippen molar-refractivity contribution in [2.75, 3.05) is 7.05 Å². The second-order valence-corrected chi connectivity index (χ2v) is 7.23. The number of aromatic amines is 1. The molecule has 25 heavy (non-hydrogen) atoms. The van der Waals surface area contributed by atoms with E-state index in [2.05, 4.69) is 28.8 Å². The number of aromatic nitrogens is 3. The number of carbonyl (C=O) groups excluding carboxylic acids is 1. The molecule has 3 rings (SSSR count). The van der Waals surface area contributed by atoms with Gasteiger partial charge in [-0.25, -0.2) is 4.98 Å². The van der Waals surface area contributed by atoms with Gasteiger partial charge in [-0.15, -0.1) is 0 Å². The molecule has 1 N–H and O–H groups in total. The monoisotopic (exact) mass is 340 g/mol. The smallest absolute Gasteiger partial charge is 0.255 e. The van der Waals surface area contributed by atoms with Gasteiger partial charge in [0.05, 0.1) is 6.42 Å². The predicted molar refractivity (Wildman–Crippen MR) is 96.1 cm³/mol. The van der Waals surface area contributed by atoms with Crippen LogP contribution in [0.2, 0.25) is 0 Å². The first-order valence-electron chi connectivity index (χ1n) is 8.58. The lowest BCUT2D eigenvalue weighted by atomic mass is 9.99. The number of aryl methyl sites for hydroxylation is 1. The summed E-state index contributed by atoms with van der Waals surface area (Å²) in [6.45, 7) is 6.05. The average molecular weight is 340 g/mol. The van der Waals surface area contributed by atoms with Gasteiger partial charge in [0.15, 0.2) is 0 Å². The van der Waals surface area contributed by atoms with Crippen LogP contribution in [-0.2, 0) is 11.2 Å². The summed E-state index contributed by atoms with van der Waals surface area (Å²) in [6.07, 6.45) is 5.66. The van der Waals surface area contributed by atoms with Crippen molar-refractivity contribution in [3.8, 4) is 11.4 Å². The van der Waals surface area contributed by atoms with Gasteiger partial charge in [-0.2, -0.15) is 0 Å². The fraction of sp³-hybridized carbons (Fsp3) is 0.474. The molecule has 0 aromatic carbocycles. The van der Waals surface area contributed by atoms with Gasteiger partial charge >= 0.3 is 0 Å². The molecule has 1 unspecified atom stereocenters. The van der Waals surface area contributed by atoms with Crippen molar-refractivity contribution in [3.05, 3.63) is 46.1 Å². The van der Waals surface area contributed by atoms with Crippen molar-refractivity contribution < 1.29 is 4.79 Å². The average Bonchev–Trinajstić information content (AvgIpc) is 3.36. The van der Waals surface area contributed by atoms with Gasteiger partial charge in [0, 0.05) is 42.3 Å². The maximum Gasteiger partial charge on any atom is 0.255 e. The second kappa shape index (κ2) is 6.43. The molecule has 0 aliphatic heterocycles. The Balaban J connectivity index is 1.81. The van der Waals surface area contributed by atoms with E-state index < -0.39 is 0 Å². The molecule has 0 radical (unpaired) electrons. The lowest BCUT2D eigenvalue weighted by Gasteiger charge is -2.30. The van der Waals surface area contributed by atoms with Crippen LogP contribution in [0.1, 0.15) is 37.9 Å². The number of nitrogens with zero attached hydrogens (tertiary/aromatic N) is 3. The van der Waals surface area contributed by atoms with Crippen LogP contribution in [0.25, 0.3) is 11.4 Å². The molecule has 0 spiro atoms. The highest BCUT2D eigenvalue weighted by atomic mass is 16.2. The van der Waals surface area contributed by atoms with Crippen LogP contribution in [0.5, 0.6) is 0 Å². The Morgan fingerprint density at radius 2 is 2.00 bits per heavy atom. The Hall–Kier alpha value is -2.50. The lowest BCUT2D eigenvalue weighted by molar-refractivity contribution is -0.132. The first-order chi connectivity index (χ1) is 11.8. The minimum atomic E-state index is -0.258. The summed E-state index contributed by atoms with van der Waals surface area (Å²) in [6, 6.07) is 3.74.